The van der Waals surface area contributed by atoms with Crippen LogP contribution in [0.15, 0.2) is 42.5 Å². The van der Waals surface area contributed by atoms with Gasteiger partial charge in [-0.1, -0.05) is 18.2 Å². The summed E-state index contributed by atoms with van der Waals surface area (Å²) in [7, 11) is 0. The van der Waals surface area contributed by atoms with E-state index in [1.807, 2.05) is 38.2 Å². The molecule has 0 spiro atoms. The molecule has 0 radical (unpaired) electrons. The molecular weight excluding hydrogens is 409 g/mol. The molecule has 1 unspecified atom stereocenters. The van der Waals surface area contributed by atoms with Gasteiger partial charge in [0.1, 0.15) is 28.7 Å². The molecule has 0 bridgehead atoms. The van der Waals surface area contributed by atoms with Crippen molar-refractivity contribution in [2.45, 2.75) is 33.8 Å². The highest BCUT2D eigenvalue weighted by Gasteiger charge is 2.20. The zero-order valence-electron chi connectivity index (χ0n) is 18.3. The number of nitrogens with two attached hydrogens (primary N) is 1. The summed E-state index contributed by atoms with van der Waals surface area (Å²) in [4.78, 5) is 21.6. The second kappa shape index (κ2) is 8.05. The van der Waals surface area contributed by atoms with E-state index < -0.39 is 17.8 Å². The van der Waals surface area contributed by atoms with Crippen LogP contribution in [-0.4, -0.2) is 25.4 Å². The Balaban J connectivity index is 1.66. The lowest BCUT2D eigenvalue weighted by Crippen LogP contribution is -2.21. The highest BCUT2D eigenvalue weighted by molar-refractivity contribution is 5.95. The maximum atomic E-state index is 13.4. The van der Waals surface area contributed by atoms with Gasteiger partial charge < -0.3 is 16.2 Å². The molecule has 0 aliphatic heterocycles. The van der Waals surface area contributed by atoms with Crippen molar-refractivity contribution in [2.75, 3.05) is 11.1 Å². The average Bonchev–Trinajstić information content (AvgIpc) is 3.09. The van der Waals surface area contributed by atoms with Crippen LogP contribution in [0.25, 0.3) is 16.8 Å². The number of hydrogen-bond acceptors (Lipinski definition) is 5. The number of anilines is 2. The van der Waals surface area contributed by atoms with Crippen LogP contribution < -0.4 is 11.1 Å². The fraction of sp³-hybridized carbons (Fsp3) is 0.208. The van der Waals surface area contributed by atoms with E-state index in [1.54, 1.807) is 12.1 Å². The highest BCUT2D eigenvalue weighted by atomic mass is 19.1. The van der Waals surface area contributed by atoms with Crippen molar-refractivity contribution in [3.63, 3.8) is 0 Å². The summed E-state index contributed by atoms with van der Waals surface area (Å²) in [6, 6.07) is 10.7. The van der Waals surface area contributed by atoms with Crippen LogP contribution in [0.2, 0.25) is 0 Å². The lowest BCUT2D eigenvalue weighted by atomic mass is 10.0. The summed E-state index contributed by atoms with van der Waals surface area (Å²) < 4.78 is 15.4. The van der Waals surface area contributed by atoms with Crippen molar-refractivity contribution < 1.29 is 14.3 Å². The van der Waals surface area contributed by atoms with Crippen molar-refractivity contribution >= 4 is 22.9 Å². The monoisotopic (exact) mass is 433 g/mol. The number of carbonyl (C=O) groups is 1. The van der Waals surface area contributed by atoms with E-state index >= 15 is 0 Å². The number of aliphatic hydroxyl groups is 1. The van der Waals surface area contributed by atoms with E-state index in [1.165, 1.54) is 18.2 Å². The number of hydrogen-bond donors (Lipinski definition) is 3. The summed E-state index contributed by atoms with van der Waals surface area (Å²) in [5.74, 6) is 0.0419. The number of benzene rings is 2. The van der Waals surface area contributed by atoms with Gasteiger partial charge in [0.05, 0.1) is 5.69 Å². The number of nitrogens with zero attached hydrogens (tertiary/aromatic N) is 3. The van der Waals surface area contributed by atoms with Crippen LogP contribution in [0.3, 0.4) is 0 Å². The van der Waals surface area contributed by atoms with E-state index in [4.69, 9.17) is 10.7 Å². The maximum absolute atomic E-state index is 13.4. The van der Waals surface area contributed by atoms with Crippen LogP contribution in [0.4, 0.5) is 15.9 Å². The van der Waals surface area contributed by atoms with E-state index in [0.717, 1.165) is 39.9 Å². The minimum Gasteiger partial charge on any atom is -0.382 e. The molecule has 164 valence electrons. The molecule has 0 aliphatic carbocycles. The van der Waals surface area contributed by atoms with Gasteiger partial charge in [0.2, 0.25) is 0 Å². The zero-order valence-corrected chi connectivity index (χ0v) is 18.3. The SMILES string of the molecule is Cc1cc(NC(=O)C(O)c2cccc(F)c2)ccc1-c1nc(C)n2c(C)c(C)nc(N)c12. The molecule has 0 aliphatic rings. The number of fused-ring (bicyclic) bond motifs is 1. The van der Waals surface area contributed by atoms with Gasteiger partial charge in [0.25, 0.3) is 5.91 Å². The van der Waals surface area contributed by atoms with Gasteiger partial charge in [0.15, 0.2) is 6.10 Å². The second-order valence-corrected chi connectivity index (χ2v) is 7.84. The average molecular weight is 433 g/mol. The van der Waals surface area contributed by atoms with Crippen molar-refractivity contribution in [1.82, 2.24) is 14.4 Å². The number of amides is 1. The first kappa shape index (κ1) is 21.5. The smallest absolute Gasteiger partial charge is 0.257 e. The zero-order chi connectivity index (χ0) is 23.2. The Morgan fingerprint density at radius 3 is 2.56 bits per heavy atom. The summed E-state index contributed by atoms with van der Waals surface area (Å²) in [5, 5.41) is 12.9. The van der Waals surface area contributed by atoms with Crippen LogP contribution in [-0.2, 0) is 4.79 Å². The minimum atomic E-state index is -1.48. The number of aliphatic hydroxyl groups excluding tert-OH is 1. The number of carbonyl (C=O) groups excluding carboxylic acids is 1. The van der Waals surface area contributed by atoms with E-state index in [2.05, 4.69) is 10.3 Å². The molecule has 8 heteroatoms. The highest BCUT2D eigenvalue weighted by Crippen LogP contribution is 2.33. The molecule has 0 fully saturated rings. The van der Waals surface area contributed by atoms with Crippen molar-refractivity contribution in [2.24, 2.45) is 0 Å². The molecule has 7 nitrogen and oxygen atoms in total. The Labute approximate surface area is 184 Å². The minimum absolute atomic E-state index is 0.185. The first-order chi connectivity index (χ1) is 15.2. The molecule has 0 saturated carbocycles. The molecule has 1 amide bonds. The normalized spacial score (nSPS) is 12.2. The van der Waals surface area contributed by atoms with E-state index in [-0.39, 0.29) is 5.56 Å². The first-order valence-corrected chi connectivity index (χ1v) is 10.1. The molecule has 32 heavy (non-hydrogen) atoms. The Morgan fingerprint density at radius 1 is 1.12 bits per heavy atom. The van der Waals surface area contributed by atoms with E-state index in [0.29, 0.717) is 17.2 Å². The lowest BCUT2D eigenvalue weighted by molar-refractivity contribution is -0.124. The van der Waals surface area contributed by atoms with Gasteiger partial charge in [-0.15, -0.1) is 0 Å². The van der Waals surface area contributed by atoms with Gasteiger partial charge >= 0.3 is 0 Å². The molecule has 2 aromatic heterocycles. The van der Waals surface area contributed by atoms with Crippen molar-refractivity contribution in [3.8, 4) is 11.3 Å². The van der Waals surface area contributed by atoms with E-state index in [9.17, 15) is 14.3 Å². The van der Waals surface area contributed by atoms with Crippen LogP contribution in [0, 0.1) is 33.5 Å². The third-order valence-corrected chi connectivity index (χ3v) is 5.60. The standard InChI is InChI=1S/C24H24FN5O2/c1-12-10-18(29-24(32)22(31)16-6-5-7-17(25)11-16)8-9-19(12)20-21-23(26)27-13(2)14(3)30(21)15(4)28-20/h5-11,22,31H,1-4H3,(H2,26,27)(H,29,32). The number of aromatic nitrogens is 3. The topological polar surface area (TPSA) is 106 Å². The fourth-order valence-electron chi connectivity index (χ4n) is 3.89. The number of imidazole rings is 1. The number of nitrogen functional groups attached to an aromatic ring is 1. The van der Waals surface area contributed by atoms with Crippen LogP contribution >= 0.6 is 0 Å². The van der Waals surface area contributed by atoms with Crippen molar-refractivity contribution in [1.29, 1.82) is 0 Å². The molecule has 1 atom stereocenters. The van der Waals surface area contributed by atoms with Gasteiger partial charge in [-0.3, -0.25) is 9.20 Å². The van der Waals surface area contributed by atoms with Gasteiger partial charge in [0, 0.05) is 16.9 Å². The van der Waals surface area contributed by atoms with Gasteiger partial charge in [-0.05, 0) is 63.1 Å². The quantitative estimate of drug-likeness (QED) is 0.451. The summed E-state index contributed by atoms with van der Waals surface area (Å²) in [6.07, 6.45) is -1.48. The molecule has 2 heterocycles. The predicted octanol–water partition coefficient (Wildman–Crippen LogP) is 4.02. The number of aryl methyl sites for hydroxylation is 4. The Kier molecular flexibility index (Phi) is 5.40. The van der Waals surface area contributed by atoms with Gasteiger partial charge in [-0.25, -0.2) is 14.4 Å². The second-order valence-electron chi connectivity index (χ2n) is 7.84. The predicted molar refractivity (Wildman–Crippen MR) is 122 cm³/mol. The summed E-state index contributed by atoms with van der Waals surface area (Å²) in [6.45, 7) is 7.70. The number of halogens is 1. The fourth-order valence-corrected chi connectivity index (χ4v) is 3.89. The third kappa shape index (κ3) is 3.69. The third-order valence-electron chi connectivity index (χ3n) is 5.60. The maximum Gasteiger partial charge on any atom is 0.257 e. The lowest BCUT2D eigenvalue weighted by Gasteiger charge is -2.13. The largest absolute Gasteiger partial charge is 0.382 e. The molecule has 4 rings (SSSR count). The number of nitrogens with one attached hydrogen (secondary N) is 1. The molecule has 4 aromatic rings. The van der Waals surface area contributed by atoms with Gasteiger partial charge in [-0.2, -0.15) is 0 Å². The molecular formula is C24H24FN5O2. The Bertz CT molecular complexity index is 1360. The first-order valence-electron chi connectivity index (χ1n) is 10.1. The molecule has 4 N–H and O–H groups in total. The Morgan fingerprint density at radius 2 is 1.88 bits per heavy atom. The van der Waals surface area contributed by atoms with Crippen LogP contribution in [0.5, 0.6) is 0 Å². The van der Waals surface area contributed by atoms with Crippen molar-refractivity contribution in [3.05, 3.63) is 76.6 Å². The Hall–Kier alpha value is -3.78. The number of rotatable bonds is 4. The van der Waals surface area contributed by atoms with Crippen LogP contribution in [0.1, 0.15) is 34.4 Å². The molecule has 0 saturated heterocycles. The summed E-state index contributed by atoms with van der Waals surface area (Å²) >= 11 is 0. The molecule has 2 aromatic carbocycles. The summed E-state index contributed by atoms with van der Waals surface area (Å²) in [5.41, 5.74) is 11.9.